The largest absolute Gasteiger partial charge is 0.496 e. The van der Waals surface area contributed by atoms with E-state index < -0.39 is 12.0 Å². The molecule has 4 heterocycles. The van der Waals surface area contributed by atoms with Crippen molar-refractivity contribution in [2.45, 2.75) is 31.6 Å². The lowest BCUT2D eigenvalue weighted by molar-refractivity contribution is -0.144. The van der Waals surface area contributed by atoms with Crippen LogP contribution in [0.25, 0.3) is 27.8 Å². The van der Waals surface area contributed by atoms with E-state index in [1.165, 1.54) is 25.4 Å². The van der Waals surface area contributed by atoms with E-state index in [1.807, 2.05) is 0 Å². The van der Waals surface area contributed by atoms with Gasteiger partial charge in [-0.2, -0.15) is 18.3 Å². The van der Waals surface area contributed by atoms with Crippen molar-refractivity contribution < 1.29 is 27.1 Å². The Kier molecular flexibility index (Phi) is 6.81. The molecular formula is C28H25F4N7O2. The van der Waals surface area contributed by atoms with Gasteiger partial charge in [-0.3, -0.25) is 14.8 Å². The first kappa shape index (κ1) is 26.7. The number of benzene rings is 2. The molecule has 9 nitrogen and oxygen atoms in total. The first-order valence-corrected chi connectivity index (χ1v) is 13.0. The van der Waals surface area contributed by atoms with Crippen LogP contribution in [0.3, 0.4) is 0 Å². The molecule has 3 aromatic heterocycles. The Labute approximate surface area is 231 Å². The number of rotatable bonds is 6. The molecule has 0 aliphatic carbocycles. The van der Waals surface area contributed by atoms with Gasteiger partial charge in [-0.15, -0.1) is 5.10 Å². The molecule has 0 radical (unpaired) electrons. The van der Waals surface area contributed by atoms with Crippen LogP contribution in [0.15, 0.2) is 54.7 Å². The van der Waals surface area contributed by atoms with Crippen molar-refractivity contribution >= 4 is 22.5 Å². The minimum absolute atomic E-state index is 0.0518. The molecule has 0 saturated carbocycles. The van der Waals surface area contributed by atoms with Gasteiger partial charge in [0.05, 0.1) is 12.6 Å². The molecular weight excluding hydrogens is 542 g/mol. The average molecular weight is 568 g/mol. The summed E-state index contributed by atoms with van der Waals surface area (Å²) >= 11 is 0. The number of pyridine rings is 1. The van der Waals surface area contributed by atoms with Crippen molar-refractivity contribution in [3.05, 3.63) is 77.5 Å². The zero-order chi connectivity index (χ0) is 28.7. The molecule has 1 amide bonds. The Morgan fingerprint density at radius 3 is 2.85 bits per heavy atom. The molecule has 1 aliphatic rings. The second kappa shape index (κ2) is 10.5. The lowest BCUT2D eigenvalue weighted by atomic mass is 10.0. The maximum atomic E-state index is 14.5. The molecule has 13 heteroatoms. The predicted molar refractivity (Wildman–Crippen MR) is 142 cm³/mol. The van der Waals surface area contributed by atoms with Crippen molar-refractivity contribution in [1.29, 1.82) is 0 Å². The Bertz CT molecular complexity index is 1750. The van der Waals surface area contributed by atoms with E-state index in [4.69, 9.17) is 4.74 Å². The van der Waals surface area contributed by atoms with E-state index in [1.54, 1.807) is 36.4 Å². The highest BCUT2D eigenvalue weighted by Gasteiger charge is 2.36. The number of halogens is 4. The first-order valence-electron chi connectivity index (χ1n) is 13.0. The van der Waals surface area contributed by atoms with E-state index in [0.29, 0.717) is 52.1 Å². The summed E-state index contributed by atoms with van der Waals surface area (Å²) in [5.74, 6) is -1.33. The molecule has 6 rings (SSSR count). The maximum absolute atomic E-state index is 14.5. The topological polar surface area (TPSA) is 100 Å². The van der Waals surface area contributed by atoms with Crippen molar-refractivity contribution in [2.24, 2.45) is 0 Å². The standard InChI is InChI=1S/C28H25F4N7O2/c1-41-23-6-2-5-21(29)20(23)15-38-11-3-4-18(14-38)33-26(40)16-7-9-22-19(12-16)25(36-35-22)17-8-10-24-34-27(28(30,31)32)37-39(24)13-17/h2,5-10,12-13,18H,3-4,11,14-15H2,1H3,(H,33,40)(H,35,36)/t18-/m1/s1. The second-order valence-corrected chi connectivity index (χ2v) is 9.95. The highest BCUT2D eigenvalue weighted by Crippen LogP contribution is 2.30. The molecule has 0 unspecified atom stereocenters. The van der Waals surface area contributed by atoms with Crippen LogP contribution < -0.4 is 10.1 Å². The molecule has 5 aromatic rings. The third-order valence-electron chi connectivity index (χ3n) is 7.20. The number of H-pyrrole nitrogens is 1. The van der Waals surface area contributed by atoms with Crippen molar-refractivity contribution in [1.82, 2.24) is 35.0 Å². The number of fused-ring (bicyclic) bond motifs is 2. The van der Waals surface area contributed by atoms with Crippen LogP contribution in [0.1, 0.15) is 34.6 Å². The summed E-state index contributed by atoms with van der Waals surface area (Å²) in [5, 5.41) is 14.5. The van der Waals surface area contributed by atoms with Crippen LogP contribution in [-0.2, 0) is 12.7 Å². The molecule has 2 aromatic carbocycles. The Morgan fingerprint density at radius 1 is 1.20 bits per heavy atom. The van der Waals surface area contributed by atoms with Crippen LogP contribution in [0.2, 0.25) is 0 Å². The fraction of sp³-hybridized carbons (Fsp3) is 0.286. The van der Waals surface area contributed by atoms with Gasteiger partial charge in [0.2, 0.25) is 0 Å². The fourth-order valence-corrected chi connectivity index (χ4v) is 5.21. The summed E-state index contributed by atoms with van der Waals surface area (Å²) in [6, 6.07) is 12.8. The number of aromatic amines is 1. The lowest BCUT2D eigenvalue weighted by Crippen LogP contribution is -2.47. The van der Waals surface area contributed by atoms with Gasteiger partial charge in [0.15, 0.2) is 5.65 Å². The minimum Gasteiger partial charge on any atom is -0.496 e. The zero-order valence-electron chi connectivity index (χ0n) is 21.9. The number of methoxy groups -OCH3 is 1. The van der Waals surface area contributed by atoms with Gasteiger partial charge in [0.1, 0.15) is 17.3 Å². The van der Waals surface area contributed by atoms with E-state index in [0.717, 1.165) is 23.9 Å². The minimum atomic E-state index is -4.66. The smallest absolute Gasteiger partial charge is 0.453 e. The van der Waals surface area contributed by atoms with Crippen LogP contribution in [0.4, 0.5) is 17.6 Å². The van der Waals surface area contributed by atoms with Crippen LogP contribution in [0, 0.1) is 5.82 Å². The molecule has 0 spiro atoms. The number of hydrogen-bond donors (Lipinski definition) is 2. The zero-order valence-corrected chi connectivity index (χ0v) is 21.9. The number of amides is 1. The summed E-state index contributed by atoms with van der Waals surface area (Å²) in [6.07, 6.45) is -1.62. The number of hydrogen-bond acceptors (Lipinski definition) is 6. The molecule has 212 valence electrons. The van der Waals surface area contributed by atoms with Crippen LogP contribution >= 0.6 is 0 Å². The Hall–Kier alpha value is -4.52. The van der Waals surface area contributed by atoms with Gasteiger partial charge in [-0.05, 0) is 61.9 Å². The Balaban J connectivity index is 1.20. The van der Waals surface area contributed by atoms with E-state index in [2.05, 4.69) is 30.5 Å². The SMILES string of the molecule is COc1cccc(F)c1CN1CCC[C@@H](NC(=O)c2ccc3[nH]nc(-c4ccc5nc(C(F)(F)F)nn5c4)c3c2)C1. The van der Waals surface area contributed by atoms with Gasteiger partial charge >= 0.3 is 6.18 Å². The number of ether oxygens (including phenoxy) is 1. The normalized spacial score (nSPS) is 16.4. The van der Waals surface area contributed by atoms with E-state index in [9.17, 15) is 22.4 Å². The average Bonchev–Trinajstić information content (AvgIpc) is 3.58. The quantitative estimate of drug-likeness (QED) is 0.285. The van der Waals surface area contributed by atoms with Gasteiger partial charge in [0.25, 0.3) is 11.7 Å². The summed E-state index contributed by atoms with van der Waals surface area (Å²) < 4.78 is 60.0. The van der Waals surface area contributed by atoms with Crippen molar-refractivity contribution in [2.75, 3.05) is 20.2 Å². The highest BCUT2D eigenvalue weighted by molar-refractivity contribution is 6.01. The predicted octanol–water partition coefficient (Wildman–Crippen LogP) is 4.83. The number of nitrogens with one attached hydrogen (secondary N) is 2. The van der Waals surface area contributed by atoms with Crippen LogP contribution in [0.5, 0.6) is 5.75 Å². The molecule has 1 fully saturated rings. The summed E-state index contributed by atoms with van der Waals surface area (Å²) in [6.45, 7) is 1.70. The number of carbonyl (C=O) groups excluding carboxylic acids is 1. The molecule has 1 atom stereocenters. The number of aromatic nitrogens is 5. The number of carbonyl (C=O) groups is 1. The summed E-state index contributed by atoms with van der Waals surface area (Å²) in [4.78, 5) is 18.9. The number of piperidine rings is 1. The molecule has 1 saturated heterocycles. The van der Waals surface area contributed by atoms with Gasteiger partial charge < -0.3 is 10.1 Å². The van der Waals surface area contributed by atoms with Crippen molar-refractivity contribution in [3.63, 3.8) is 0 Å². The molecule has 2 N–H and O–H groups in total. The fourth-order valence-electron chi connectivity index (χ4n) is 5.21. The molecule has 0 bridgehead atoms. The van der Waals surface area contributed by atoms with Gasteiger partial charge in [-0.1, -0.05) is 6.07 Å². The number of nitrogens with zero attached hydrogens (tertiary/aromatic N) is 5. The van der Waals surface area contributed by atoms with Crippen molar-refractivity contribution in [3.8, 4) is 17.0 Å². The lowest BCUT2D eigenvalue weighted by Gasteiger charge is -2.33. The summed E-state index contributed by atoms with van der Waals surface area (Å²) in [7, 11) is 1.51. The number of alkyl halides is 3. The number of likely N-dealkylation sites (tertiary alicyclic amines) is 1. The molecule has 41 heavy (non-hydrogen) atoms. The van der Waals surface area contributed by atoms with E-state index >= 15 is 0 Å². The van der Waals surface area contributed by atoms with Crippen LogP contribution in [-0.4, -0.2) is 61.8 Å². The maximum Gasteiger partial charge on any atom is 0.453 e. The van der Waals surface area contributed by atoms with Gasteiger partial charge in [0, 0.05) is 47.4 Å². The third-order valence-corrected chi connectivity index (χ3v) is 7.20. The monoisotopic (exact) mass is 567 g/mol. The Morgan fingerprint density at radius 2 is 2.05 bits per heavy atom. The van der Waals surface area contributed by atoms with E-state index in [-0.39, 0.29) is 23.4 Å². The highest BCUT2D eigenvalue weighted by atomic mass is 19.4. The first-order chi connectivity index (χ1) is 19.7. The second-order valence-electron chi connectivity index (χ2n) is 9.95. The van der Waals surface area contributed by atoms with Gasteiger partial charge in [-0.25, -0.2) is 13.9 Å². The summed E-state index contributed by atoms with van der Waals surface area (Å²) in [5.41, 5.74) is 2.58. The third kappa shape index (κ3) is 5.32. The molecule has 1 aliphatic heterocycles.